The zero-order valence-electron chi connectivity index (χ0n) is 8.78. The van der Waals surface area contributed by atoms with Crippen molar-refractivity contribution in [3.63, 3.8) is 0 Å². The van der Waals surface area contributed by atoms with Gasteiger partial charge < -0.3 is 10.0 Å². The van der Waals surface area contributed by atoms with Crippen LogP contribution in [0.3, 0.4) is 0 Å². The highest BCUT2D eigenvalue weighted by Crippen LogP contribution is 2.44. The second-order valence-corrected chi connectivity index (χ2v) is 4.95. The van der Waals surface area contributed by atoms with Gasteiger partial charge in [-0.05, 0) is 51.1 Å². The van der Waals surface area contributed by atoms with Crippen molar-refractivity contribution >= 4 is 5.97 Å². The number of aliphatic carboxylic acids is 1. The lowest BCUT2D eigenvalue weighted by Crippen LogP contribution is -2.32. The summed E-state index contributed by atoms with van der Waals surface area (Å²) < 4.78 is 0. The van der Waals surface area contributed by atoms with Gasteiger partial charge >= 0.3 is 5.97 Å². The van der Waals surface area contributed by atoms with Crippen molar-refractivity contribution in [2.75, 3.05) is 20.1 Å². The molecule has 2 rings (SSSR count). The van der Waals surface area contributed by atoms with Crippen LogP contribution >= 0.6 is 0 Å². The molecule has 2 aliphatic rings. The summed E-state index contributed by atoms with van der Waals surface area (Å²) in [4.78, 5) is 13.0. The first-order valence-electron chi connectivity index (χ1n) is 5.58. The summed E-state index contributed by atoms with van der Waals surface area (Å²) in [5, 5.41) is 8.79. The van der Waals surface area contributed by atoms with Crippen LogP contribution in [-0.2, 0) is 4.79 Å². The van der Waals surface area contributed by atoms with E-state index in [0.29, 0.717) is 5.92 Å². The van der Waals surface area contributed by atoms with Crippen molar-refractivity contribution < 1.29 is 9.90 Å². The van der Waals surface area contributed by atoms with Crippen LogP contribution < -0.4 is 0 Å². The SMILES string of the molecule is CN1CCCC(CC2CC2C(=O)O)C1. The standard InChI is InChI=1S/C11H19NO2/c1-12-4-2-3-8(7-12)5-9-6-10(9)11(13)14/h8-10H,2-7H2,1H3,(H,13,14). The molecule has 1 N–H and O–H groups in total. The zero-order valence-corrected chi connectivity index (χ0v) is 8.78. The molecule has 0 radical (unpaired) electrons. The van der Waals surface area contributed by atoms with Crippen LogP contribution in [0.2, 0.25) is 0 Å². The molecule has 3 heteroatoms. The topological polar surface area (TPSA) is 40.5 Å². The first-order valence-corrected chi connectivity index (χ1v) is 5.58. The molecule has 3 atom stereocenters. The summed E-state index contributed by atoms with van der Waals surface area (Å²) >= 11 is 0. The summed E-state index contributed by atoms with van der Waals surface area (Å²) in [7, 11) is 2.16. The number of hydrogen-bond donors (Lipinski definition) is 1. The van der Waals surface area contributed by atoms with Gasteiger partial charge in [0.25, 0.3) is 0 Å². The van der Waals surface area contributed by atoms with Gasteiger partial charge in [0.15, 0.2) is 0 Å². The summed E-state index contributed by atoms with van der Waals surface area (Å²) in [5.41, 5.74) is 0. The van der Waals surface area contributed by atoms with Crippen molar-refractivity contribution in [1.29, 1.82) is 0 Å². The molecule has 0 bridgehead atoms. The molecule has 0 aromatic rings. The largest absolute Gasteiger partial charge is 0.481 e. The molecule has 2 fully saturated rings. The molecule has 14 heavy (non-hydrogen) atoms. The zero-order chi connectivity index (χ0) is 10.1. The van der Waals surface area contributed by atoms with Gasteiger partial charge in [-0.1, -0.05) is 0 Å². The van der Waals surface area contributed by atoms with Gasteiger partial charge in [0.1, 0.15) is 0 Å². The Labute approximate surface area is 85.1 Å². The van der Waals surface area contributed by atoms with E-state index in [2.05, 4.69) is 11.9 Å². The van der Waals surface area contributed by atoms with Gasteiger partial charge in [-0.15, -0.1) is 0 Å². The molecule has 0 aromatic carbocycles. The Kier molecular flexibility index (Phi) is 2.77. The predicted octanol–water partition coefficient (Wildman–Crippen LogP) is 1.44. The molecule has 0 spiro atoms. The third-order valence-electron chi connectivity index (χ3n) is 3.60. The van der Waals surface area contributed by atoms with E-state index < -0.39 is 5.97 Å². The van der Waals surface area contributed by atoms with E-state index in [-0.39, 0.29) is 5.92 Å². The molecule has 3 unspecified atom stereocenters. The molecule has 0 amide bonds. The van der Waals surface area contributed by atoms with E-state index >= 15 is 0 Å². The van der Waals surface area contributed by atoms with E-state index in [0.717, 1.165) is 18.8 Å². The third-order valence-corrected chi connectivity index (χ3v) is 3.60. The van der Waals surface area contributed by atoms with Crippen LogP contribution in [-0.4, -0.2) is 36.1 Å². The quantitative estimate of drug-likeness (QED) is 0.744. The summed E-state index contributed by atoms with van der Waals surface area (Å²) in [6, 6.07) is 0. The highest BCUT2D eigenvalue weighted by molar-refractivity contribution is 5.73. The van der Waals surface area contributed by atoms with Gasteiger partial charge in [0, 0.05) is 6.54 Å². The number of hydrogen-bond acceptors (Lipinski definition) is 2. The number of likely N-dealkylation sites (tertiary alicyclic amines) is 1. The first-order chi connectivity index (χ1) is 6.66. The van der Waals surface area contributed by atoms with Crippen molar-refractivity contribution in [2.24, 2.45) is 17.8 Å². The molecule has 3 nitrogen and oxygen atoms in total. The van der Waals surface area contributed by atoms with Crippen LogP contribution in [0.1, 0.15) is 25.7 Å². The van der Waals surface area contributed by atoms with Crippen LogP contribution in [0.4, 0.5) is 0 Å². The maximum absolute atomic E-state index is 10.7. The van der Waals surface area contributed by atoms with Gasteiger partial charge in [-0.3, -0.25) is 4.79 Å². The summed E-state index contributed by atoms with van der Waals surface area (Å²) in [6.07, 6.45) is 4.65. The average molecular weight is 197 g/mol. The van der Waals surface area contributed by atoms with Crippen LogP contribution in [0.5, 0.6) is 0 Å². The second kappa shape index (κ2) is 3.89. The molecule has 1 saturated heterocycles. The molecule has 1 heterocycles. The predicted molar refractivity (Wildman–Crippen MR) is 54.1 cm³/mol. The van der Waals surface area contributed by atoms with E-state index in [1.54, 1.807) is 0 Å². The molecular formula is C11H19NO2. The van der Waals surface area contributed by atoms with Gasteiger partial charge in [-0.2, -0.15) is 0 Å². The second-order valence-electron chi connectivity index (χ2n) is 4.95. The van der Waals surface area contributed by atoms with E-state index in [1.807, 2.05) is 0 Å². The van der Waals surface area contributed by atoms with Crippen LogP contribution in [0.15, 0.2) is 0 Å². The Bertz CT molecular complexity index is 229. The lowest BCUT2D eigenvalue weighted by molar-refractivity contribution is -0.138. The van der Waals surface area contributed by atoms with Crippen molar-refractivity contribution in [3.05, 3.63) is 0 Å². The van der Waals surface area contributed by atoms with E-state index in [4.69, 9.17) is 5.11 Å². The molecule has 1 aliphatic carbocycles. The highest BCUT2D eigenvalue weighted by Gasteiger charge is 2.44. The fraction of sp³-hybridized carbons (Fsp3) is 0.909. The molecule has 0 aromatic heterocycles. The minimum Gasteiger partial charge on any atom is -0.481 e. The average Bonchev–Trinajstić information content (AvgIpc) is 2.84. The maximum atomic E-state index is 10.7. The Morgan fingerprint density at radius 3 is 2.93 bits per heavy atom. The monoisotopic (exact) mass is 197 g/mol. The van der Waals surface area contributed by atoms with Crippen molar-refractivity contribution in [3.8, 4) is 0 Å². The van der Waals surface area contributed by atoms with E-state index in [1.165, 1.54) is 25.9 Å². The lowest BCUT2D eigenvalue weighted by Gasteiger charge is -2.29. The van der Waals surface area contributed by atoms with Crippen LogP contribution in [0.25, 0.3) is 0 Å². The molecule has 1 aliphatic heterocycles. The Balaban J connectivity index is 1.73. The van der Waals surface area contributed by atoms with Gasteiger partial charge in [-0.25, -0.2) is 0 Å². The summed E-state index contributed by atoms with van der Waals surface area (Å²) in [5.74, 6) is 0.647. The lowest BCUT2D eigenvalue weighted by atomic mass is 9.92. The number of rotatable bonds is 3. The number of carboxylic acids is 1. The van der Waals surface area contributed by atoms with Crippen LogP contribution in [0, 0.1) is 17.8 Å². The molecule has 1 saturated carbocycles. The molecular weight excluding hydrogens is 178 g/mol. The van der Waals surface area contributed by atoms with E-state index in [9.17, 15) is 4.79 Å². The minimum atomic E-state index is -0.584. The number of carboxylic acid groups (broad SMARTS) is 1. The maximum Gasteiger partial charge on any atom is 0.306 e. The smallest absolute Gasteiger partial charge is 0.306 e. The fourth-order valence-electron chi connectivity index (χ4n) is 2.70. The fourth-order valence-corrected chi connectivity index (χ4v) is 2.70. The Morgan fingerprint density at radius 1 is 1.57 bits per heavy atom. The normalized spacial score (nSPS) is 38.2. The highest BCUT2D eigenvalue weighted by atomic mass is 16.4. The Morgan fingerprint density at radius 2 is 2.36 bits per heavy atom. The Hall–Kier alpha value is -0.570. The number of carbonyl (C=O) groups is 1. The summed E-state index contributed by atoms with van der Waals surface area (Å²) in [6.45, 7) is 2.38. The number of piperidine rings is 1. The van der Waals surface area contributed by atoms with Gasteiger partial charge in [0.2, 0.25) is 0 Å². The minimum absolute atomic E-state index is 0.0118. The number of nitrogens with zero attached hydrogens (tertiary/aromatic N) is 1. The van der Waals surface area contributed by atoms with Gasteiger partial charge in [0.05, 0.1) is 5.92 Å². The van der Waals surface area contributed by atoms with Crippen molar-refractivity contribution in [1.82, 2.24) is 4.90 Å². The third kappa shape index (κ3) is 2.27. The van der Waals surface area contributed by atoms with Crippen molar-refractivity contribution in [2.45, 2.75) is 25.7 Å². The first kappa shape index (κ1) is 9.97. The molecule has 80 valence electrons.